The van der Waals surface area contributed by atoms with Crippen molar-refractivity contribution in [3.63, 3.8) is 0 Å². The minimum atomic E-state index is -0.221. The first-order valence-electron chi connectivity index (χ1n) is 4.81. The average Bonchev–Trinajstić information content (AvgIpc) is 2.16. The number of carbonyl (C=O) groups is 1. The standard InChI is InChI=1S/C11H12BrCl2NO/c1-6(12)11(16)15-7(2)9-4-3-8(13)5-10(9)14/h3-7H,1-2H3,(H,15,16). The van der Waals surface area contributed by atoms with Crippen molar-refractivity contribution in [3.05, 3.63) is 33.8 Å². The zero-order chi connectivity index (χ0) is 12.3. The molecule has 0 aliphatic rings. The van der Waals surface area contributed by atoms with E-state index in [1.807, 2.05) is 13.0 Å². The molecule has 1 rings (SSSR count). The largest absolute Gasteiger partial charge is 0.349 e. The molecule has 1 amide bonds. The Balaban J connectivity index is 2.80. The molecule has 0 saturated carbocycles. The Morgan fingerprint density at radius 3 is 2.50 bits per heavy atom. The van der Waals surface area contributed by atoms with Crippen LogP contribution in [-0.2, 0) is 4.79 Å². The smallest absolute Gasteiger partial charge is 0.233 e. The van der Waals surface area contributed by atoms with Crippen molar-refractivity contribution < 1.29 is 4.79 Å². The van der Waals surface area contributed by atoms with E-state index in [0.29, 0.717) is 10.0 Å². The summed E-state index contributed by atoms with van der Waals surface area (Å²) >= 11 is 15.0. The monoisotopic (exact) mass is 323 g/mol. The Morgan fingerprint density at radius 2 is 2.00 bits per heavy atom. The van der Waals surface area contributed by atoms with E-state index >= 15 is 0 Å². The molecule has 0 aliphatic heterocycles. The maximum Gasteiger partial charge on any atom is 0.233 e. The summed E-state index contributed by atoms with van der Waals surface area (Å²) in [5, 5.41) is 3.98. The highest BCUT2D eigenvalue weighted by Crippen LogP contribution is 2.26. The summed E-state index contributed by atoms with van der Waals surface area (Å²) in [5.41, 5.74) is 0.854. The number of halogens is 3. The van der Waals surface area contributed by atoms with Crippen LogP contribution in [0.1, 0.15) is 25.5 Å². The lowest BCUT2D eigenvalue weighted by atomic mass is 10.1. The lowest BCUT2D eigenvalue weighted by Gasteiger charge is -2.16. The van der Waals surface area contributed by atoms with Crippen molar-refractivity contribution in [3.8, 4) is 0 Å². The van der Waals surface area contributed by atoms with Crippen LogP contribution in [-0.4, -0.2) is 10.7 Å². The molecule has 1 aromatic carbocycles. The molecular formula is C11H12BrCl2NO. The molecule has 0 bridgehead atoms. The van der Waals surface area contributed by atoms with Crippen LogP contribution in [0.15, 0.2) is 18.2 Å². The Labute approximate surface area is 113 Å². The maximum absolute atomic E-state index is 11.5. The molecule has 5 heteroatoms. The zero-order valence-corrected chi connectivity index (χ0v) is 12.0. The van der Waals surface area contributed by atoms with Crippen LogP contribution >= 0.6 is 39.1 Å². The average molecular weight is 325 g/mol. The number of carbonyl (C=O) groups excluding carboxylic acids is 1. The second-order valence-corrected chi connectivity index (χ2v) is 5.73. The van der Waals surface area contributed by atoms with Crippen LogP contribution in [0.4, 0.5) is 0 Å². The molecule has 2 nitrogen and oxygen atoms in total. The highest BCUT2D eigenvalue weighted by molar-refractivity contribution is 9.10. The van der Waals surface area contributed by atoms with Gasteiger partial charge in [0.1, 0.15) is 0 Å². The Kier molecular flexibility index (Phi) is 5.09. The van der Waals surface area contributed by atoms with Crippen LogP contribution in [0.5, 0.6) is 0 Å². The van der Waals surface area contributed by atoms with Crippen molar-refractivity contribution in [2.24, 2.45) is 0 Å². The first-order valence-corrected chi connectivity index (χ1v) is 6.48. The fourth-order valence-corrected chi connectivity index (χ4v) is 1.96. The second kappa shape index (κ2) is 5.89. The number of hydrogen-bond donors (Lipinski definition) is 1. The Hall–Kier alpha value is -0.250. The summed E-state index contributed by atoms with van der Waals surface area (Å²) in [7, 11) is 0. The molecule has 1 aromatic rings. The summed E-state index contributed by atoms with van der Waals surface area (Å²) in [6, 6.07) is 5.09. The van der Waals surface area contributed by atoms with E-state index < -0.39 is 0 Å². The molecule has 16 heavy (non-hydrogen) atoms. The number of alkyl halides is 1. The molecule has 0 fully saturated rings. The summed E-state index contributed by atoms with van der Waals surface area (Å²) in [6.07, 6.45) is 0. The van der Waals surface area contributed by atoms with E-state index in [1.54, 1.807) is 19.1 Å². The number of amides is 1. The molecule has 2 unspecified atom stereocenters. The Bertz CT molecular complexity index is 396. The maximum atomic E-state index is 11.5. The van der Waals surface area contributed by atoms with Crippen LogP contribution in [0.25, 0.3) is 0 Å². The molecular weight excluding hydrogens is 313 g/mol. The van der Waals surface area contributed by atoms with Gasteiger partial charge in [0.25, 0.3) is 0 Å². The van der Waals surface area contributed by atoms with E-state index in [9.17, 15) is 4.79 Å². The second-order valence-electron chi connectivity index (χ2n) is 3.51. The van der Waals surface area contributed by atoms with Gasteiger partial charge in [-0.2, -0.15) is 0 Å². The summed E-state index contributed by atoms with van der Waals surface area (Å²) in [4.78, 5) is 11.3. The molecule has 2 atom stereocenters. The first kappa shape index (κ1) is 13.8. The van der Waals surface area contributed by atoms with E-state index in [4.69, 9.17) is 23.2 Å². The van der Waals surface area contributed by atoms with Crippen molar-refractivity contribution >= 4 is 45.0 Å². The van der Waals surface area contributed by atoms with E-state index in [0.717, 1.165) is 5.56 Å². The van der Waals surface area contributed by atoms with Crippen LogP contribution in [0, 0.1) is 0 Å². The number of benzene rings is 1. The lowest BCUT2D eigenvalue weighted by molar-refractivity contribution is -0.120. The summed E-state index contributed by atoms with van der Waals surface area (Å²) in [5.74, 6) is -0.0708. The predicted octanol–water partition coefficient (Wildman–Crippen LogP) is 3.95. The van der Waals surface area contributed by atoms with Gasteiger partial charge < -0.3 is 5.32 Å². The van der Waals surface area contributed by atoms with E-state index in [-0.39, 0.29) is 16.8 Å². The van der Waals surface area contributed by atoms with Gasteiger partial charge in [-0.05, 0) is 31.5 Å². The van der Waals surface area contributed by atoms with Gasteiger partial charge in [-0.1, -0.05) is 45.2 Å². The van der Waals surface area contributed by atoms with Gasteiger partial charge in [0.15, 0.2) is 0 Å². The fourth-order valence-electron chi connectivity index (χ4n) is 1.26. The molecule has 1 N–H and O–H groups in total. The molecule has 0 radical (unpaired) electrons. The molecule has 0 heterocycles. The molecule has 0 spiro atoms. The molecule has 0 aliphatic carbocycles. The fraction of sp³-hybridized carbons (Fsp3) is 0.364. The summed E-state index contributed by atoms with van der Waals surface area (Å²) < 4.78 is 0. The minimum Gasteiger partial charge on any atom is -0.349 e. The quantitative estimate of drug-likeness (QED) is 0.838. The first-order chi connectivity index (χ1) is 7.41. The third-order valence-electron chi connectivity index (χ3n) is 2.15. The van der Waals surface area contributed by atoms with Gasteiger partial charge in [0.05, 0.1) is 10.9 Å². The predicted molar refractivity (Wildman–Crippen MR) is 71.4 cm³/mol. The number of nitrogens with one attached hydrogen (secondary N) is 1. The third kappa shape index (κ3) is 3.65. The van der Waals surface area contributed by atoms with E-state index in [2.05, 4.69) is 21.2 Å². The number of rotatable bonds is 3. The topological polar surface area (TPSA) is 29.1 Å². The zero-order valence-electron chi connectivity index (χ0n) is 8.93. The van der Waals surface area contributed by atoms with Crippen molar-refractivity contribution in [1.82, 2.24) is 5.32 Å². The van der Waals surface area contributed by atoms with Gasteiger partial charge in [-0.25, -0.2) is 0 Å². The molecule has 0 saturated heterocycles. The van der Waals surface area contributed by atoms with Crippen molar-refractivity contribution in [2.75, 3.05) is 0 Å². The van der Waals surface area contributed by atoms with E-state index in [1.165, 1.54) is 0 Å². The van der Waals surface area contributed by atoms with Crippen molar-refractivity contribution in [1.29, 1.82) is 0 Å². The van der Waals surface area contributed by atoms with Gasteiger partial charge >= 0.3 is 0 Å². The Morgan fingerprint density at radius 1 is 1.38 bits per heavy atom. The lowest BCUT2D eigenvalue weighted by Crippen LogP contribution is -2.31. The highest BCUT2D eigenvalue weighted by Gasteiger charge is 2.15. The van der Waals surface area contributed by atoms with Gasteiger partial charge in [0, 0.05) is 10.0 Å². The minimum absolute atomic E-state index is 0.0708. The molecule has 88 valence electrons. The van der Waals surface area contributed by atoms with Gasteiger partial charge in [0.2, 0.25) is 5.91 Å². The van der Waals surface area contributed by atoms with Crippen LogP contribution < -0.4 is 5.32 Å². The van der Waals surface area contributed by atoms with Crippen molar-refractivity contribution in [2.45, 2.75) is 24.7 Å². The SMILES string of the molecule is CC(Br)C(=O)NC(C)c1ccc(Cl)cc1Cl. The highest BCUT2D eigenvalue weighted by atomic mass is 79.9. The molecule has 0 aromatic heterocycles. The normalized spacial score (nSPS) is 14.3. The number of hydrogen-bond acceptors (Lipinski definition) is 1. The summed E-state index contributed by atoms with van der Waals surface area (Å²) in [6.45, 7) is 3.65. The third-order valence-corrected chi connectivity index (χ3v) is 3.13. The van der Waals surface area contributed by atoms with Crippen LogP contribution in [0.2, 0.25) is 10.0 Å². The van der Waals surface area contributed by atoms with Gasteiger partial charge in [-0.15, -0.1) is 0 Å². The van der Waals surface area contributed by atoms with Crippen LogP contribution in [0.3, 0.4) is 0 Å². The van der Waals surface area contributed by atoms with Gasteiger partial charge in [-0.3, -0.25) is 4.79 Å².